The molecular weight excluding hydrogens is 236 g/mol. The zero-order chi connectivity index (χ0) is 12.3. The van der Waals surface area contributed by atoms with Gasteiger partial charge in [-0.25, -0.2) is 5.16 Å². The number of aromatic amines is 1. The van der Waals surface area contributed by atoms with Crippen LogP contribution in [0.2, 0.25) is 0 Å². The molecule has 0 spiro atoms. The number of rotatable bonds is 4. The first-order valence-electron chi connectivity index (χ1n) is 5.45. The van der Waals surface area contributed by atoms with Gasteiger partial charge in [0.15, 0.2) is 0 Å². The minimum absolute atomic E-state index is 0.227. The lowest BCUT2D eigenvalue weighted by atomic mass is 10.1. The second-order valence-electron chi connectivity index (χ2n) is 3.75. The zero-order valence-electron chi connectivity index (χ0n) is 9.82. The molecule has 0 aliphatic rings. The molecule has 0 aliphatic carbocycles. The molecule has 0 unspecified atom stereocenters. The molecule has 0 saturated heterocycles. The second kappa shape index (κ2) is 5.14. The van der Waals surface area contributed by atoms with E-state index in [1.165, 1.54) is 5.56 Å². The summed E-state index contributed by atoms with van der Waals surface area (Å²) in [6.45, 7) is 4.65. The summed E-state index contributed by atoms with van der Waals surface area (Å²) in [7, 11) is 0. The van der Waals surface area contributed by atoms with E-state index >= 15 is 0 Å². The van der Waals surface area contributed by atoms with Crippen molar-refractivity contribution in [2.24, 2.45) is 0 Å². The molecule has 1 heterocycles. The SMILES string of the molecule is CCOc1cc(C)ccc1Cc1nc(=S)o[nH]1. The quantitative estimate of drug-likeness (QED) is 0.847. The summed E-state index contributed by atoms with van der Waals surface area (Å²) in [6.07, 6.45) is 0.621. The van der Waals surface area contributed by atoms with E-state index in [2.05, 4.69) is 10.1 Å². The number of aromatic nitrogens is 2. The van der Waals surface area contributed by atoms with E-state index in [9.17, 15) is 0 Å². The molecule has 0 atom stereocenters. The Balaban J connectivity index is 2.28. The van der Waals surface area contributed by atoms with Gasteiger partial charge in [0, 0.05) is 12.0 Å². The fourth-order valence-corrected chi connectivity index (χ4v) is 1.76. The fourth-order valence-electron chi connectivity index (χ4n) is 1.61. The van der Waals surface area contributed by atoms with Gasteiger partial charge in [-0.2, -0.15) is 4.98 Å². The van der Waals surface area contributed by atoms with Crippen molar-refractivity contribution in [3.63, 3.8) is 0 Å². The Kier molecular flexibility index (Phi) is 3.58. The Morgan fingerprint density at radius 1 is 1.47 bits per heavy atom. The van der Waals surface area contributed by atoms with E-state index in [-0.39, 0.29) is 4.84 Å². The Morgan fingerprint density at radius 3 is 2.94 bits per heavy atom. The van der Waals surface area contributed by atoms with Gasteiger partial charge in [0.1, 0.15) is 11.6 Å². The second-order valence-corrected chi connectivity index (χ2v) is 4.10. The summed E-state index contributed by atoms with van der Waals surface area (Å²) < 4.78 is 10.5. The van der Waals surface area contributed by atoms with Crippen LogP contribution in [0.25, 0.3) is 0 Å². The van der Waals surface area contributed by atoms with Gasteiger partial charge in [0.2, 0.25) is 0 Å². The predicted molar refractivity (Wildman–Crippen MR) is 66.8 cm³/mol. The average Bonchev–Trinajstić information content (AvgIpc) is 2.69. The minimum atomic E-state index is 0.227. The monoisotopic (exact) mass is 250 g/mol. The molecule has 90 valence electrons. The molecule has 0 bridgehead atoms. The molecule has 5 heteroatoms. The van der Waals surface area contributed by atoms with E-state index in [0.29, 0.717) is 18.9 Å². The molecule has 0 amide bonds. The summed E-state index contributed by atoms with van der Waals surface area (Å²) in [5, 5.41) is 2.69. The molecule has 17 heavy (non-hydrogen) atoms. The highest BCUT2D eigenvalue weighted by Crippen LogP contribution is 2.22. The molecule has 1 N–H and O–H groups in total. The van der Waals surface area contributed by atoms with Crippen LogP contribution in [0.4, 0.5) is 0 Å². The van der Waals surface area contributed by atoms with Gasteiger partial charge in [-0.05, 0) is 37.7 Å². The third-order valence-corrected chi connectivity index (χ3v) is 2.54. The van der Waals surface area contributed by atoms with Gasteiger partial charge >= 0.3 is 4.84 Å². The average molecular weight is 250 g/mol. The van der Waals surface area contributed by atoms with Crippen molar-refractivity contribution < 1.29 is 9.26 Å². The molecule has 1 aromatic carbocycles. The van der Waals surface area contributed by atoms with Crippen molar-refractivity contribution in [3.8, 4) is 5.75 Å². The number of H-pyrrole nitrogens is 1. The molecule has 2 aromatic rings. The highest BCUT2D eigenvalue weighted by atomic mass is 32.1. The van der Waals surface area contributed by atoms with E-state index in [4.69, 9.17) is 21.5 Å². The van der Waals surface area contributed by atoms with Crippen molar-refractivity contribution >= 4 is 12.2 Å². The van der Waals surface area contributed by atoms with Crippen LogP contribution >= 0.6 is 12.2 Å². The van der Waals surface area contributed by atoms with Crippen LogP contribution < -0.4 is 4.74 Å². The lowest BCUT2D eigenvalue weighted by Gasteiger charge is -2.09. The van der Waals surface area contributed by atoms with Crippen molar-refractivity contribution in [3.05, 3.63) is 40.0 Å². The molecule has 1 aromatic heterocycles. The van der Waals surface area contributed by atoms with E-state index < -0.39 is 0 Å². The van der Waals surface area contributed by atoms with Gasteiger partial charge in [-0.3, -0.25) is 0 Å². The molecule has 0 fully saturated rings. The Bertz CT molecular complexity index is 560. The van der Waals surface area contributed by atoms with Crippen LogP contribution in [0.3, 0.4) is 0 Å². The van der Waals surface area contributed by atoms with Gasteiger partial charge in [-0.15, -0.1) is 0 Å². The minimum Gasteiger partial charge on any atom is -0.494 e. The Morgan fingerprint density at radius 2 is 2.29 bits per heavy atom. The van der Waals surface area contributed by atoms with Gasteiger partial charge < -0.3 is 9.26 Å². The van der Waals surface area contributed by atoms with Crippen LogP contribution in [-0.4, -0.2) is 16.7 Å². The largest absolute Gasteiger partial charge is 0.494 e. The summed E-state index contributed by atoms with van der Waals surface area (Å²) in [4.78, 5) is 4.29. The van der Waals surface area contributed by atoms with Crippen LogP contribution in [0, 0.1) is 11.8 Å². The normalized spacial score (nSPS) is 10.5. The summed E-state index contributed by atoms with van der Waals surface area (Å²) in [6, 6.07) is 6.10. The number of aryl methyl sites for hydroxylation is 1. The maximum Gasteiger partial charge on any atom is 0.314 e. The molecule has 4 nitrogen and oxygen atoms in total. The maximum atomic E-state index is 5.60. The predicted octanol–water partition coefficient (Wildman–Crippen LogP) is 3.03. The first kappa shape index (κ1) is 11.9. The highest BCUT2D eigenvalue weighted by molar-refractivity contribution is 7.71. The van der Waals surface area contributed by atoms with Crippen molar-refractivity contribution in [1.82, 2.24) is 10.1 Å². The maximum absolute atomic E-state index is 5.60. The highest BCUT2D eigenvalue weighted by Gasteiger charge is 2.07. The molecule has 0 aliphatic heterocycles. The van der Waals surface area contributed by atoms with Crippen LogP contribution in [0.1, 0.15) is 23.9 Å². The van der Waals surface area contributed by atoms with Gasteiger partial charge in [-0.1, -0.05) is 12.1 Å². The lowest BCUT2D eigenvalue weighted by molar-refractivity contribution is 0.336. The standard InChI is InChI=1S/C12H14N2O2S/c1-3-15-10-6-8(2)4-5-9(10)7-11-13-12(17)16-14-11/h4-6H,3,7H2,1-2H3,(H,13,14,17). The number of nitrogens with one attached hydrogen (secondary N) is 1. The van der Waals surface area contributed by atoms with E-state index in [1.807, 2.05) is 32.0 Å². The summed E-state index contributed by atoms with van der Waals surface area (Å²) in [5.74, 6) is 1.59. The Labute approximate surface area is 105 Å². The molecular formula is C12H14N2O2S. The molecule has 0 radical (unpaired) electrons. The summed E-state index contributed by atoms with van der Waals surface area (Å²) in [5.41, 5.74) is 2.24. The van der Waals surface area contributed by atoms with E-state index in [0.717, 1.165) is 11.3 Å². The van der Waals surface area contributed by atoms with Crippen molar-refractivity contribution in [2.45, 2.75) is 20.3 Å². The van der Waals surface area contributed by atoms with Crippen LogP contribution in [-0.2, 0) is 6.42 Å². The number of hydrogen-bond donors (Lipinski definition) is 1. The topological polar surface area (TPSA) is 51.1 Å². The number of ether oxygens (including phenoxy) is 1. The fraction of sp³-hybridized carbons (Fsp3) is 0.333. The van der Waals surface area contributed by atoms with Gasteiger partial charge in [0.25, 0.3) is 0 Å². The Hall–Kier alpha value is -1.62. The third kappa shape index (κ3) is 2.94. The number of benzene rings is 1. The first-order valence-corrected chi connectivity index (χ1v) is 5.86. The zero-order valence-corrected chi connectivity index (χ0v) is 10.6. The third-order valence-electron chi connectivity index (χ3n) is 2.36. The number of hydrogen-bond acceptors (Lipinski definition) is 4. The first-order chi connectivity index (χ1) is 8.19. The molecule has 2 rings (SSSR count). The van der Waals surface area contributed by atoms with Crippen molar-refractivity contribution in [1.29, 1.82) is 0 Å². The smallest absolute Gasteiger partial charge is 0.314 e. The molecule has 0 saturated carbocycles. The lowest BCUT2D eigenvalue weighted by Crippen LogP contribution is -1.99. The number of nitrogens with zero attached hydrogens (tertiary/aromatic N) is 1. The van der Waals surface area contributed by atoms with E-state index in [1.54, 1.807) is 0 Å². The van der Waals surface area contributed by atoms with Crippen LogP contribution in [0.5, 0.6) is 5.75 Å². The van der Waals surface area contributed by atoms with Gasteiger partial charge in [0.05, 0.1) is 6.61 Å². The summed E-state index contributed by atoms with van der Waals surface area (Å²) >= 11 is 4.81. The van der Waals surface area contributed by atoms with Crippen LogP contribution in [0.15, 0.2) is 22.7 Å². The van der Waals surface area contributed by atoms with Crippen molar-refractivity contribution in [2.75, 3.05) is 6.61 Å².